The quantitative estimate of drug-likeness (QED) is 0.828. The van der Waals surface area contributed by atoms with Gasteiger partial charge in [0.15, 0.2) is 0 Å². The van der Waals surface area contributed by atoms with Crippen LogP contribution in [-0.4, -0.2) is 28.9 Å². The van der Waals surface area contributed by atoms with Gasteiger partial charge >= 0.3 is 0 Å². The van der Waals surface area contributed by atoms with Crippen molar-refractivity contribution < 1.29 is 13.9 Å². The molecule has 0 bridgehead atoms. The number of nitrogens with zero attached hydrogens (tertiary/aromatic N) is 2. The Kier molecular flexibility index (Phi) is 4.10. The molecular formula is C18H19FN2O2S. The largest absolute Gasteiger partial charge is 0.371 e. The molecule has 0 radical (unpaired) electrons. The summed E-state index contributed by atoms with van der Waals surface area (Å²) in [5.74, 6) is -0.278. The highest BCUT2D eigenvalue weighted by Gasteiger charge is 2.30. The lowest BCUT2D eigenvalue weighted by Gasteiger charge is -2.34. The van der Waals surface area contributed by atoms with Crippen LogP contribution < -0.4 is 0 Å². The summed E-state index contributed by atoms with van der Waals surface area (Å²) in [6, 6.07) is 4.75. The Morgan fingerprint density at radius 3 is 3.12 bits per heavy atom. The van der Waals surface area contributed by atoms with Gasteiger partial charge in [0.1, 0.15) is 22.6 Å². The van der Waals surface area contributed by atoms with E-state index in [0.29, 0.717) is 18.7 Å². The number of carbonyl (C=O) groups is 1. The molecule has 0 saturated carbocycles. The minimum atomic E-state index is -0.221. The minimum Gasteiger partial charge on any atom is -0.371 e. The molecular weight excluding hydrogens is 327 g/mol. The van der Waals surface area contributed by atoms with Crippen molar-refractivity contribution in [2.24, 2.45) is 0 Å². The summed E-state index contributed by atoms with van der Waals surface area (Å²) in [5, 5.41) is 2.72. The fourth-order valence-corrected chi connectivity index (χ4v) is 4.41. The van der Waals surface area contributed by atoms with Crippen LogP contribution in [0, 0.1) is 5.82 Å². The predicted octanol–water partition coefficient (Wildman–Crippen LogP) is 3.89. The van der Waals surface area contributed by atoms with Crippen LogP contribution in [0.1, 0.15) is 58.5 Å². The third-order valence-corrected chi connectivity index (χ3v) is 5.79. The molecule has 2 aromatic rings. The average molecular weight is 346 g/mol. The third-order valence-electron chi connectivity index (χ3n) is 4.85. The number of fused-ring (bicyclic) bond motifs is 1. The van der Waals surface area contributed by atoms with E-state index in [1.165, 1.54) is 17.4 Å². The molecule has 1 fully saturated rings. The van der Waals surface area contributed by atoms with Gasteiger partial charge in [-0.1, -0.05) is 6.07 Å². The molecule has 1 amide bonds. The topological polar surface area (TPSA) is 42.4 Å². The molecule has 0 spiro atoms. The molecule has 0 aliphatic carbocycles. The molecule has 2 aliphatic rings. The van der Waals surface area contributed by atoms with Crippen LogP contribution >= 0.6 is 11.3 Å². The van der Waals surface area contributed by atoms with Crippen molar-refractivity contribution in [1.82, 2.24) is 9.88 Å². The molecule has 1 saturated heterocycles. The Bertz CT molecular complexity index is 770. The second kappa shape index (κ2) is 6.26. The highest BCUT2D eigenvalue weighted by molar-refractivity contribution is 7.09. The summed E-state index contributed by atoms with van der Waals surface area (Å²) >= 11 is 1.49. The van der Waals surface area contributed by atoms with E-state index in [0.717, 1.165) is 35.6 Å². The number of aromatic nitrogens is 1. The van der Waals surface area contributed by atoms with Gasteiger partial charge in [0.25, 0.3) is 5.91 Å². The lowest BCUT2D eigenvalue weighted by Crippen LogP contribution is -2.39. The third kappa shape index (κ3) is 2.74. The Morgan fingerprint density at radius 1 is 1.46 bits per heavy atom. The molecule has 2 atom stereocenters. The normalized spacial score (nSPS) is 23.3. The molecule has 4 nitrogen and oxygen atoms in total. The first-order valence-corrected chi connectivity index (χ1v) is 9.18. The highest BCUT2D eigenvalue weighted by atomic mass is 32.1. The van der Waals surface area contributed by atoms with E-state index in [1.807, 2.05) is 17.2 Å². The Morgan fingerprint density at radius 2 is 2.33 bits per heavy atom. The molecule has 3 heterocycles. The average Bonchev–Trinajstić information content (AvgIpc) is 3.26. The standard InChI is InChI=1S/C18H19FN2O2S/c1-11-14-5-4-13(19)9-12(14)6-7-21(11)18(22)15-10-24-17(20-15)16-3-2-8-23-16/h4-5,9-11,16H,2-3,6-8H2,1H3/t11-,16+/m0/s1. The molecule has 1 aromatic carbocycles. The Balaban J connectivity index is 1.55. The van der Waals surface area contributed by atoms with Crippen molar-refractivity contribution >= 4 is 17.2 Å². The molecule has 6 heteroatoms. The number of hydrogen-bond acceptors (Lipinski definition) is 4. The number of benzene rings is 1. The van der Waals surface area contributed by atoms with Crippen molar-refractivity contribution in [3.63, 3.8) is 0 Å². The second-order valence-corrected chi connectivity index (χ2v) is 7.23. The van der Waals surface area contributed by atoms with E-state index >= 15 is 0 Å². The van der Waals surface area contributed by atoms with Crippen molar-refractivity contribution in [1.29, 1.82) is 0 Å². The predicted molar refractivity (Wildman–Crippen MR) is 89.6 cm³/mol. The molecule has 24 heavy (non-hydrogen) atoms. The zero-order valence-electron chi connectivity index (χ0n) is 13.5. The Labute approximate surface area is 144 Å². The summed E-state index contributed by atoms with van der Waals surface area (Å²) in [5.41, 5.74) is 2.50. The van der Waals surface area contributed by atoms with Crippen molar-refractivity contribution in [2.75, 3.05) is 13.2 Å². The molecule has 0 unspecified atom stereocenters. The fraction of sp³-hybridized carbons (Fsp3) is 0.444. The van der Waals surface area contributed by atoms with E-state index in [9.17, 15) is 9.18 Å². The lowest BCUT2D eigenvalue weighted by molar-refractivity contribution is 0.0670. The van der Waals surface area contributed by atoms with Crippen molar-refractivity contribution in [3.05, 3.63) is 51.2 Å². The van der Waals surface area contributed by atoms with Crippen molar-refractivity contribution in [3.8, 4) is 0 Å². The van der Waals surface area contributed by atoms with Crippen LogP contribution in [0.4, 0.5) is 4.39 Å². The smallest absolute Gasteiger partial charge is 0.273 e. The van der Waals surface area contributed by atoms with E-state index < -0.39 is 0 Å². The van der Waals surface area contributed by atoms with Gasteiger partial charge in [0.05, 0.1) is 6.04 Å². The van der Waals surface area contributed by atoms with E-state index in [-0.39, 0.29) is 23.9 Å². The van der Waals surface area contributed by atoms with Gasteiger partial charge in [-0.05, 0) is 49.4 Å². The fourth-order valence-electron chi connectivity index (χ4n) is 3.53. The van der Waals surface area contributed by atoms with E-state index in [4.69, 9.17) is 4.74 Å². The Hall–Kier alpha value is -1.79. The van der Waals surface area contributed by atoms with Crippen molar-refractivity contribution in [2.45, 2.75) is 38.3 Å². The zero-order valence-corrected chi connectivity index (χ0v) is 14.3. The van der Waals surface area contributed by atoms with Crippen LogP contribution in [-0.2, 0) is 11.2 Å². The van der Waals surface area contributed by atoms with Gasteiger partial charge in [-0.25, -0.2) is 9.37 Å². The SMILES string of the molecule is C[C@H]1c2ccc(F)cc2CCN1C(=O)c1csc([C@H]2CCCO2)n1. The summed E-state index contributed by atoms with van der Waals surface area (Å²) < 4.78 is 19.0. The second-order valence-electron chi connectivity index (χ2n) is 6.34. The van der Waals surface area contributed by atoms with Crippen LogP contribution in [0.2, 0.25) is 0 Å². The lowest BCUT2D eigenvalue weighted by atomic mass is 9.93. The monoisotopic (exact) mass is 346 g/mol. The first-order chi connectivity index (χ1) is 11.6. The van der Waals surface area contributed by atoms with E-state index in [2.05, 4.69) is 4.98 Å². The first-order valence-electron chi connectivity index (χ1n) is 8.30. The van der Waals surface area contributed by atoms with Crippen LogP contribution in [0.25, 0.3) is 0 Å². The number of hydrogen-bond donors (Lipinski definition) is 0. The zero-order chi connectivity index (χ0) is 16.7. The van der Waals surface area contributed by atoms with Crippen LogP contribution in [0.3, 0.4) is 0 Å². The summed E-state index contributed by atoms with van der Waals surface area (Å²) in [7, 11) is 0. The number of amides is 1. The summed E-state index contributed by atoms with van der Waals surface area (Å²) in [6.45, 7) is 3.34. The number of thiazole rings is 1. The van der Waals surface area contributed by atoms with Gasteiger partial charge in [-0.15, -0.1) is 11.3 Å². The van der Waals surface area contributed by atoms with Gasteiger partial charge in [0.2, 0.25) is 0 Å². The van der Waals surface area contributed by atoms with Gasteiger partial charge in [-0.2, -0.15) is 0 Å². The maximum absolute atomic E-state index is 13.4. The summed E-state index contributed by atoms with van der Waals surface area (Å²) in [4.78, 5) is 19.2. The van der Waals surface area contributed by atoms with Crippen LogP contribution in [0.5, 0.6) is 0 Å². The number of carbonyl (C=O) groups excluding carboxylic acids is 1. The highest BCUT2D eigenvalue weighted by Crippen LogP contribution is 2.33. The molecule has 4 rings (SSSR count). The number of rotatable bonds is 2. The number of ether oxygens (including phenoxy) is 1. The molecule has 1 aromatic heterocycles. The minimum absolute atomic E-state index is 0.0408. The molecule has 0 N–H and O–H groups in total. The van der Waals surface area contributed by atoms with Crippen LogP contribution in [0.15, 0.2) is 23.6 Å². The molecule has 126 valence electrons. The maximum atomic E-state index is 13.4. The van der Waals surface area contributed by atoms with Gasteiger partial charge < -0.3 is 9.64 Å². The number of halogens is 1. The maximum Gasteiger partial charge on any atom is 0.273 e. The van der Waals surface area contributed by atoms with E-state index in [1.54, 1.807) is 12.1 Å². The summed E-state index contributed by atoms with van der Waals surface area (Å²) in [6.07, 6.45) is 2.73. The van der Waals surface area contributed by atoms with Gasteiger partial charge in [0, 0.05) is 18.5 Å². The molecule has 2 aliphatic heterocycles. The first kappa shape index (κ1) is 15.7. The van der Waals surface area contributed by atoms with Gasteiger partial charge in [-0.3, -0.25) is 4.79 Å².